The number of unbranched alkanes of at least 4 members (excludes halogenated alkanes) is 1. The Hall–Kier alpha value is -3.00. The van der Waals surface area contributed by atoms with Gasteiger partial charge < -0.3 is 4.90 Å². The summed E-state index contributed by atoms with van der Waals surface area (Å²) in [7, 11) is -3.14. The summed E-state index contributed by atoms with van der Waals surface area (Å²) in [4.78, 5) is 15.6. The van der Waals surface area contributed by atoms with Crippen LogP contribution >= 0.6 is 0 Å². The SMILES string of the molecule is CCCCN(C(=O)c1cn(-c2ccc(F)cc2)nc1-c1cccc(C)c1)C1CCS(=O)(=O)C1. The molecule has 33 heavy (non-hydrogen) atoms. The molecule has 1 atom stereocenters. The van der Waals surface area contributed by atoms with Gasteiger partial charge in [-0.15, -0.1) is 0 Å². The highest BCUT2D eigenvalue weighted by Crippen LogP contribution is 2.28. The molecule has 0 radical (unpaired) electrons. The summed E-state index contributed by atoms with van der Waals surface area (Å²) in [5, 5.41) is 4.69. The largest absolute Gasteiger partial charge is 0.334 e. The Bertz CT molecular complexity index is 1250. The number of amides is 1. The van der Waals surface area contributed by atoms with E-state index in [1.807, 2.05) is 38.1 Å². The number of carbonyl (C=O) groups is 1. The van der Waals surface area contributed by atoms with Crippen molar-refractivity contribution in [1.29, 1.82) is 0 Å². The van der Waals surface area contributed by atoms with E-state index in [1.54, 1.807) is 27.9 Å². The molecule has 4 rings (SSSR count). The molecule has 6 nitrogen and oxygen atoms in total. The van der Waals surface area contributed by atoms with E-state index in [-0.39, 0.29) is 29.3 Å². The van der Waals surface area contributed by atoms with Crippen molar-refractivity contribution in [2.24, 2.45) is 0 Å². The van der Waals surface area contributed by atoms with Crippen molar-refractivity contribution >= 4 is 15.7 Å². The average molecular weight is 470 g/mol. The molecule has 1 aromatic heterocycles. The van der Waals surface area contributed by atoms with Crippen LogP contribution in [0.2, 0.25) is 0 Å². The number of hydrogen-bond acceptors (Lipinski definition) is 4. The lowest BCUT2D eigenvalue weighted by molar-refractivity contribution is 0.0695. The summed E-state index contributed by atoms with van der Waals surface area (Å²) >= 11 is 0. The standard InChI is InChI=1S/C25H28FN3O3S/c1-3-4-13-28(22-12-14-33(31,32)17-22)25(30)23-16-29(21-10-8-20(26)9-11-21)27-24(23)19-7-5-6-18(2)15-19/h5-11,15-16,22H,3-4,12-14,17H2,1-2H3. The van der Waals surface area contributed by atoms with E-state index in [9.17, 15) is 17.6 Å². The molecule has 1 fully saturated rings. The van der Waals surface area contributed by atoms with Crippen molar-refractivity contribution in [2.45, 2.75) is 39.2 Å². The first kappa shape index (κ1) is 23.2. The maximum Gasteiger partial charge on any atom is 0.257 e. The minimum Gasteiger partial charge on any atom is -0.334 e. The maximum atomic E-state index is 13.8. The van der Waals surface area contributed by atoms with Gasteiger partial charge in [-0.1, -0.05) is 37.1 Å². The monoisotopic (exact) mass is 469 g/mol. The van der Waals surface area contributed by atoms with Crippen LogP contribution in [0.15, 0.2) is 54.7 Å². The molecule has 1 aliphatic rings. The molecule has 0 aliphatic carbocycles. The average Bonchev–Trinajstić information content (AvgIpc) is 3.38. The first-order chi connectivity index (χ1) is 15.8. The van der Waals surface area contributed by atoms with E-state index in [2.05, 4.69) is 5.10 Å². The Morgan fingerprint density at radius 3 is 2.61 bits per heavy atom. The van der Waals surface area contributed by atoms with Crippen molar-refractivity contribution in [3.05, 3.63) is 71.7 Å². The van der Waals surface area contributed by atoms with Gasteiger partial charge in [-0.3, -0.25) is 4.79 Å². The van der Waals surface area contributed by atoms with Gasteiger partial charge in [0, 0.05) is 24.3 Å². The second-order valence-corrected chi connectivity index (χ2v) is 10.8. The van der Waals surface area contributed by atoms with E-state index in [4.69, 9.17) is 0 Å². The van der Waals surface area contributed by atoms with Gasteiger partial charge in [0.05, 0.1) is 22.8 Å². The van der Waals surface area contributed by atoms with Crippen LogP contribution in [0.25, 0.3) is 16.9 Å². The van der Waals surface area contributed by atoms with Gasteiger partial charge in [0.15, 0.2) is 9.84 Å². The predicted molar refractivity (Wildman–Crippen MR) is 127 cm³/mol. The number of aryl methyl sites for hydroxylation is 1. The third-order valence-electron chi connectivity index (χ3n) is 5.99. The summed E-state index contributed by atoms with van der Waals surface area (Å²) < 4.78 is 39.3. The Morgan fingerprint density at radius 1 is 1.21 bits per heavy atom. The van der Waals surface area contributed by atoms with E-state index < -0.39 is 9.84 Å². The first-order valence-corrected chi connectivity index (χ1v) is 13.0. The van der Waals surface area contributed by atoms with E-state index in [0.29, 0.717) is 29.9 Å². The van der Waals surface area contributed by atoms with Crippen LogP contribution in [0.5, 0.6) is 0 Å². The van der Waals surface area contributed by atoms with Crippen molar-refractivity contribution in [3.63, 3.8) is 0 Å². The second kappa shape index (κ2) is 9.47. The van der Waals surface area contributed by atoms with E-state index in [1.165, 1.54) is 12.1 Å². The first-order valence-electron chi connectivity index (χ1n) is 11.2. The molecule has 1 aliphatic heterocycles. The molecule has 8 heteroatoms. The highest BCUT2D eigenvalue weighted by molar-refractivity contribution is 7.91. The lowest BCUT2D eigenvalue weighted by Gasteiger charge is -2.28. The summed E-state index contributed by atoms with van der Waals surface area (Å²) in [6.45, 7) is 4.50. The number of hydrogen-bond donors (Lipinski definition) is 0. The Kier molecular flexibility index (Phi) is 6.65. The number of sulfone groups is 1. The summed E-state index contributed by atoms with van der Waals surface area (Å²) in [5.74, 6) is -0.480. The van der Waals surface area contributed by atoms with Crippen LogP contribution in [-0.2, 0) is 9.84 Å². The van der Waals surface area contributed by atoms with Crippen molar-refractivity contribution in [3.8, 4) is 16.9 Å². The zero-order chi connectivity index (χ0) is 23.6. The summed E-state index contributed by atoms with van der Waals surface area (Å²) in [6, 6.07) is 13.3. The molecular formula is C25H28FN3O3S. The quantitative estimate of drug-likeness (QED) is 0.514. The Morgan fingerprint density at radius 2 is 1.97 bits per heavy atom. The molecule has 0 N–H and O–H groups in total. The van der Waals surface area contributed by atoms with Crippen LogP contribution in [0, 0.1) is 12.7 Å². The normalized spacial score (nSPS) is 17.2. The van der Waals surface area contributed by atoms with Crippen LogP contribution in [0.4, 0.5) is 4.39 Å². The fraction of sp³-hybridized carbons (Fsp3) is 0.360. The van der Waals surface area contributed by atoms with Crippen LogP contribution in [0.1, 0.15) is 42.1 Å². The fourth-order valence-corrected chi connectivity index (χ4v) is 5.95. The van der Waals surface area contributed by atoms with Crippen molar-refractivity contribution in [1.82, 2.24) is 14.7 Å². The number of carbonyl (C=O) groups excluding carboxylic acids is 1. The van der Waals surface area contributed by atoms with Crippen LogP contribution in [0.3, 0.4) is 0 Å². The highest BCUT2D eigenvalue weighted by Gasteiger charge is 2.36. The molecule has 0 bridgehead atoms. The van der Waals surface area contributed by atoms with Gasteiger partial charge >= 0.3 is 0 Å². The fourth-order valence-electron chi connectivity index (χ4n) is 4.22. The van der Waals surface area contributed by atoms with Crippen LogP contribution in [-0.4, -0.2) is 53.1 Å². The molecule has 0 saturated carbocycles. The smallest absolute Gasteiger partial charge is 0.257 e. The second-order valence-electron chi connectivity index (χ2n) is 8.59. The minimum absolute atomic E-state index is 0.00562. The van der Waals surface area contributed by atoms with Gasteiger partial charge in [-0.05, 0) is 50.1 Å². The van der Waals surface area contributed by atoms with Gasteiger partial charge in [0.1, 0.15) is 11.5 Å². The van der Waals surface area contributed by atoms with Crippen LogP contribution < -0.4 is 0 Å². The Balaban J connectivity index is 1.79. The zero-order valence-corrected chi connectivity index (χ0v) is 19.7. The van der Waals surface area contributed by atoms with Crippen molar-refractivity contribution < 1.29 is 17.6 Å². The third-order valence-corrected chi connectivity index (χ3v) is 7.74. The number of benzene rings is 2. The maximum absolute atomic E-state index is 13.8. The minimum atomic E-state index is -3.14. The molecule has 1 amide bonds. The number of rotatable bonds is 7. The lowest BCUT2D eigenvalue weighted by Crippen LogP contribution is -2.41. The van der Waals surface area contributed by atoms with Gasteiger partial charge in [0.2, 0.25) is 0 Å². The topological polar surface area (TPSA) is 72.3 Å². The molecule has 174 valence electrons. The molecule has 0 spiro atoms. The van der Waals surface area contributed by atoms with Gasteiger partial charge in [-0.2, -0.15) is 5.10 Å². The van der Waals surface area contributed by atoms with E-state index >= 15 is 0 Å². The van der Waals surface area contributed by atoms with Crippen molar-refractivity contribution in [2.75, 3.05) is 18.1 Å². The predicted octanol–water partition coefficient (Wildman–Crippen LogP) is 4.42. The number of nitrogens with zero attached hydrogens (tertiary/aromatic N) is 3. The third kappa shape index (κ3) is 5.16. The molecule has 3 aromatic rings. The molecule has 2 heterocycles. The summed E-state index contributed by atoms with van der Waals surface area (Å²) in [5.41, 5.74) is 3.40. The molecule has 1 unspecified atom stereocenters. The molecule has 2 aromatic carbocycles. The van der Waals surface area contributed by atoms with E-state index in [0.717, 1.165) is 24.0 Å². The zero-order valence-electron chi connectivity index (χ0n) is 18.9. The highest BCUT2D eigenvalue weighted by atomic mass is 32.2. The van der Waals surface area contributed by atoms with Gasteiger partial charge in [0.25, 0.3) is 5.91 Å². The Labute approximate surface area is 194 Å². The molecular weight excluding hydrogens is 441 g/mol. The lowest BCUT2D eigenvalue weighted by atomic mass is 10.0. The number of aromatic nitrogens is 2. The summed E-state index contributed by atoms with van der Waals surface area (Å²) in [6.07, 6.45) is 3.79. The number of halogens is 1. The van der Waals surface area contributed by atoms with Gasteiger partial charge in [-0.25, -0.2) is 17.5 Å². The molecule has 1 saturated heterocycles.